The molecule has 1 unspecified atom stereocenters. The van der Waals surface area contributed by atoms with E-state index in [0.717, 1.165) is 0 Å². The predicted octanol–water partition coefficient (Wildman–Crippen LogP) is 3.36. The normalized spacial score (nSPS) is 12.3. The van der Waals surface area contributed by atoms with E-state index in [0.29, 0.717) is 16.7 Å². The van der Waals surface area contributed by atoms with E-state index in [4.69, 9.17) is 4.74 Å². The molecule has 0 saturated carbocycles. The van der Waals surface area contributed by atoms with E-state index in [1.54, 1.807) is 6.92 Å². The Bertz CT molecular complexity index is 597. The first-order chi connectivity index (χ1) is 9.02. The molecular formula is C15H14F2O2. The van der Waals surface area contributed by atoms with Crippen LogP contribution in [0.15, 0.2) is 36.4 Å². The SMILES string of the molecule is COc1cc(C(O)c2ccc(F)cc2C)ccc1F. The van der Waals surface area contributed by atoms with Crippen LogP contribution in [0.4, 0.5) is 8.78 Å². The van der Waals surface area contributed by atoms with E-state index in [2.05, 4.69) is 0 Å². The maximum absolute atomic E-state index is 13.3. The Morgan fingerprint density at radius 3 is 2.47 bits per heavy atom. The molecule has 2 rings (SSSR count). The Morgan fingerprint density at radius 1 is 1.11 bits per heavy atom. The van der Waals surface area contributed by atoms with Crippen LogP contribution in [0.1, 0.15) is 22.8 Å². The van der Waals surface area contributed by atoms with E-state index >= 15 is 0 Å². The molecule has 0 spiro atoms. The number of methoxy groups -OCH3 is 1. The van der Waals surface area contributed by atoms with Gasteiger partial charge in [0.1, 0.15) is 11.9 Å². The molecule has 0 aliphatic rings. The topological polar surface area (TPSA) is 29.5 Å². The Labute approximate surface area is 110 Å². The quantitative estimate of drug-likeness (QED) is 0.921. The van der Waals surface area contributed by atoms with Gasteiger partial charge in [0, 0.05) is 0 Å². The van der Waals surface area contributed by atoms with Gasteiger partial charge >= 0.3 is 0 Å². The van der Waals surface area contributed by atoms with Crippen LogP contribution in [-0.4, -0.2) is 12.2 Å². The lowest BCUT2D eigenvalue weighted by molar-refractivity contribution is 0.218. The van der Waals surface area contributed by atoms with Crippen LogP contribution in [0, 0.1) is 18.6 Å². The van der Waals surface area contributed by atoms with Gasteiger partial charge in [-0.3, -0.25) is 0 Å². The monoisotopic (exact) mass is 264 g/mol. The molecule has 1 atom stereocenters. The zero-order chi connectivity index (χ0) is 14.0. The Morgan fingerprint density at radius 2 is 1.84 bits per heavy atom. The molecule has 1 N–H and O–H groups in total. The van der Waals surface area contributed by atoms with Gasteiger partial charge in [-0.15, -0.1) is 0 Å². The summed E-state index contributed by atoms with van der Waals surface area (Å²) in [6.07, 6.45) is -0.949. The fourth-order valence-corrected chi connectivity index (χ4v) is 1.97. The molecule has 2 aromatic rings. The summed E-state index contributed by atoms with van der Waals surface area (Å²) < 4.78 is 31.2. The molecule has 0 fully saturated rings. The highest BCUT2D eigenvalue weighted by atomic mass is 19.1. The highest BCUT2D eigenvalue weighted by Gasteiger charge is 2.15. The predicted molar refractivity (Wildman–Crippen MR) is 68.2 cm³/mol. The van der Waals surface area contributed by atoms with Crippen LogP contribution in [0.2, 0.25) is 0 Å². The molecule has 0 saturated heterocycles. The van der Waals surface area contributed by atoms with E-state index in [1.165, 1.54) is 43.5 Å². The summed E-state index contributed by atoms with van der Waals surface area (Å²) in [5, 5.41) is 10.3. The van der Waals surface area contributed by atoms with Crippen molar-refractivity contribution in [2.24, 2.45) is 0 Å². The van der Waals surface area contributed by atoms with Gasteiger partial charge < -0.3 is 9.84 Å². The van der Waals surface area contributed by atoms with Crippen LogP contribution in [-0.2, 0) is 0 Å². The van der Waals surface area contributed by atoms with Crippen molar-refractivity contribution in [1.82, 2.24) is 0 Å². The third kappa shape index (κ3) is 2.74. The minimum absolute atomic E-state index is 0.0660. The fourth-order valence-electron chi connectivity index (χ4n) is 1.97. The molecule has 100 valence electrons. The molecule has 0 heterocycles. The lowest BCUT2D eigenvalue weighted by Crippen LogP contribution is -2.03. The summed E-state index contributed by atoms with van der Waals surface area (Å²) in [6, 6.07) is 8.29. The summed E-state index contributed by atoms with van der Waals surface area (Å²) in [4.78, 5) is 0. The van der Waals surface area contributed by atoms with E-state index in [-0.39, 0.29) is 11.6 Å². The average Bonchev–Trinajstić information content (AvgIpc) is 2.38. The summed E-state index contributed by atoms with van der Waals surface area (Å²) in [7, 11) is 1.36. The summed E-state index contributed by atoms with van der Waals surface area (Å²) >= 11 is 0. The number of ether oxygens (including phenoxy) is 1. The first-order valence-electron chi connectivity index (χ1n) is 5.80. The fraction of sp³-hybridized carbons (Fsp3) is 0.200. The van der Waals surface area contributed by atoms with Crippen LogP contribution in [0.25, 0.3) is 0 Å². The first-order valence-corrected chi connectivity index (χ1v) is 5.80. The van der Waals surface area contributed by atoms with Gasteiger partial charge in [-0.1, -0.05) is 12.1 Å². The Balaban J connectivity index is 2.40. The minimum atomic E-state index is -0.949. The third-order valence-electron chi connectivity index (χ3n) is 3.02. The summed E-state index contributed by atoms with van der Waals surface area (Å²) in [5.41, 5.74) is 1.71. The molecule has 0 aliphatic heterocycles. The molecular weight excluding hydrogens is 250 g/mol. The maximum Gasteiger partial charge on any atom is 0.165 e. The van der Waals surface area contributed by atoms with Crippen molar-refractivity contribution in [3.63, 3.8) is 0 Å². The molecule has 2 nitrogen and oxygen atoms in total. The largest absolute Gasteiger partial charge is 0.494 e. The Kier molecular flexibility index (Phi) is 3.81. The average molecular weight is 264 g/mol. The zero-order valence-corrected chi connectivity index (χ0v) is 10.7. The van der Waals surface area contributed by atoms with Crippen molar-refractivity contribution < 1.29 is 18.6 Å². The van der Waals surface area contributed by atoms with Crippen LogP contribution >= 0.6 is 0 Å². The standard InChI is InChI=1S/C15H14F2O2/c1-9-7-11(16)4-5-12(9)15(18)10-3-6-13(17)14(8-10)19-2/h3-8,15,18H,1-2H3. The number of hydrogen-bond acceptors (Lipinski definition) is 2. The molecule has 0 amide bonds. The second-order valence-corrected chi connectivity index (χ2v) is 4.30. The first kappa shape index (κ1) is 13.5. The van der Waals surface area contributed by atoms with Gasteiger partial charge in [-0.25, -0.2) is 8.78 Å². The third-order valence-corrected chi connectivity index (χ3v) is 3.02. The van der Waals surface area contributed by atoms with Crippen molar-refractivity contribution >= 4 is 0 Å². The van der Waals surface area contributed by atoms with Crippen LogP contribution in [0.3, 0.4) is 0 Å². The number of rotatable bonds is 3. The molecule has 0 aliphatic carbocycles. The lowest BCUT2D eigenvalue weighted by atomic mass is 9.97. The van der Waals surface area contributed by atoms with Gasteiger partial charge in [0.2, 0.25) is 0 Å². The van der Waals surface area contributed by atoms with Crippen molar-refractivity contribution in [3.05, 3.63) is 64.7 Å². The number of aryl methyl sites for hydroxylation is 1. The van der Waals surface area contributed by atoms with E-state index in [9.17, 15) is 13.9 Å². The molecule has 2 aromatic carbocycles. The molecule has 0 radical (unpaired) electrons. The highest BCUT2D eigenvalue weighted by molar-refractivity contribution is 5.39. The van der Waals surface area contributed by atoms with Crippen molar-refractivity contribution in [2.75, 3.05) is 7.11 Å². The van der Waals surface area contributed by atoms with E-state index < -0.39 is 11.9 Å². The number of aliphatic hydroxyl groups is 1. The van der Waals surface area contributed by atoms with Gasteiger partial charge in [0.15, 0.2) is 11.6 Å². The van der Waals surface area contributed by atoms with Gasteiger partial charge in [-0.05, 0) is 47.9 Å². The zero-order valence-electron chi connectivity index (χ0n) is 10.7. The molecule has 4 heteroatoms. The second-order valence-electron chi connectivity index (χ2n) is 4.30. The highest BCUT2D eigenvalue weighted by Crippen LogP contribution is 2.28. The van der Waals surface area contributed by atoms with Gasteiger partial charge in [-0.2, -0.15) is 0 Å². The number of aliphatic hydroxyl groups excluding tert-OH is 1. The number of halogens is 2. The van der Waals surface area contributed by atoms with E-state index in [1.807, 2.05) is 0 Å². The lowest BCUT2D eigenvalue weighted by Gasteiger charge is -2.15. The molecule has 0 bridgehead atoms. The number of benzene rings is 2. The second kappa shape index (κ2) is 5.36. The van der Waals surface area contributed by atoms with Gasteiger partial charge in [0.25, 0.3) is 0 Å². The van der Waals surface area contributed by atoms with Crippen molar-refractivity contribution in [3.8, 4) is 5.75 Å². The van der Waals surface area contributed by atoms with Crippen LogP contribution < -0.4 is 4.74 Å². The van der Waals surface area contributed by atoms with Gasteiger partial charge in [0.05, 0.1) is 7.11 Å². The summed E-state index contributed by atoms with van der Waals surface area (Å²) in [5.74, 6) is -0.782. The van der Waals surface area contributed by atoms with Crippen LogP contribution in [0.5, 0.6) is 5.75 Å². The number of hydrogen-bond donors (Lipinski definition) is 1. The molecule has 19 heavy (non-hydrogen) atoms. The van der Waals surface area contributed by atoms with Crippen molar-refractivity contribution in [2.45, 2.75) is 13.0 Å². The van der Waals surface area contributed by atoms with Crippen molar-refractivity contribution in [1.29, 1.82) is 0 Å². The molecule has 0 aromatic heterocycles. The smallest absolute Gasteiger partial charge is 0.165 e. The summed E-state index contributed by atoms with van der Waals surface area (Å²) in [6.45, 7) is 1.71. The Hall–Kier alpha value is -1.94. The maximum atomic E-state index is 13.3. The minimum Gasteiger partial charge on any atom is -0.494 e.